The molecular weight excluding hydrogens is 522 g/mol. The Morgan fingerprint density at radius 1 is 1.13 bits per heavy atom. The first-order chi connectivity index (χ1) is 14.4. The molecule has 0 radical (unpaired) electrons. The summed E-state index contributed by atoms with van der Waals surface area (Å²) < 4.78 is 17.4. The van der Waals surface area contributed by atoms with Crippen LogP contribution in [0.1, 0.15) is 10.4 Å². The van der Waals surface area contributed by atoms with Crippen molar-refractivity contribution in [3.05, 3.63) is 80.0 Å². The van der Waals surface area contributed by atoms with Crippen LogP contribution in [-0.4, -0.2) is 25.0 Å². The number of halogens is 2. The summed E-state index contributed by atoms with van der Waals surface area (Å²) in [6, 6.07) is 11.2. The van der Waals surface area contributed by atoms with Crippen LogP contribution in [0, 0.1) is 0 Å². The van der Waals surface area contributed by atoms with E-state index in [1.54, 1.807) is 24.3 Å². The van der Waals surface area contributed by atoms with Gasteiger partial charge in [0.2, 0.25) is 0 Å². The number of benzene rings is 2. The Kier molecular flexibility index (Phi) is 7.07. The van der Waals surface area contributed by atoms with Gasteiger partial charge in [-0.25, -0.2) is 9.59 Å². The molecule has 0 aliphatic carbocycles. The van der Waals surface area contributed by atoms with Crippen molar-refractivity contribution in [2.75, 3.05) is 13.2 Å². The van der Waals surface area contributed by atoms with Crippen molar-refractivity contribution in [1.29, 1.82) is 0 Å². The van der Waals surface area contributed by atoms with Crippen molar-refractivity contribution in [1.82, 2.24) is 5.32 Å². The van der Waals surface area contributed by atoms with Crippen LogP contribution in [-0.2, 0) is 4.79 Å². The Bertz CT molecular complexity index is 1190. The van der Waals surface area contributed by atoms with Gasteiger partial charge in [0.15, 0.2) is 6.61 Å². The number of esters is 1. The summed E-state index contributed by atoms with van der Waals surface area (Å²) in [5.74, 6) is -0.524. The number of ether oxygens (including phenoxy) is 2. The van der Waals surface area contributed by atoms with Gasteiger partial charge < -0.3 is 19.2 Å². The number of carbonyl (C=O) groups excluding carboxylic acids is 2. The molecule has 3 rings (SSSR count). The molecule has 2 aromatic carbocycles. The highest BCUT2D eigenvalue weighted by atomic mass is 79.9. The molecule has 0 spiro atoms. The van der Waals surface area contributed by atoms with E-state index < -0.39 is 17.5 Å². The van der Waals surface area contributed by atoms with Gasteiger partial charge in [-0.2, -0.15) is 0 Å². The fraction of sp³-hybridized carbons (Fsp3) is 0.0952. The van der Waals surface area contributed by atoms with E-state index in [0.717, 1.165) is 4.47 Å². The molecule has 1 aromatic heterocycles. The minimum absolute atomic E-state index is 0.123. The summed E-state index contributed by atoms with van der Waals surface area (Å²) in [4.78, 5) is 36.2. The van der Waals surface area contributed by atoms with Gasteiger partial charge in [-0.15, -0.1) is 6.58 Å². The van der Waals surface area contributed by atoms with E-state index in [4.69, 9.17) is 13.9 Å². The van der Waals surface area contributed by atoms with Gasteiger partial charge in [-0.1, -0.05) is 22.0 Å². The third-order valence-electron chi connectivity index (χ3n) is 3.83. The zero-order chi connectivity index (χ0) is 21.7. The molecule has 0 aliphatic heterocycles. The van der Waals surface area contributed by atoms with Gasteiger partial charge in [-0.3, -0.25) is 4.79 Å². The third kappa shape index (κ3) is 5.37. The Morgan fingerprint density at radius 2 is 1.93 bits per heavy atom. The first-order valence-electron chi connectivity index (χ1n) is 8.63. The number of amides is 1. The fourth-order valence-electron chi connectivity index (χ4n) is 2.46. The van der Waals surface area contributed by atoms with E-state index in [-0.39, 0.29) is 30.0 Å². The standard InChI is InChI=1S/C21H15Br2NO6/c1-2-7-24-20(26)15-8-12-3-5-14(10-18(12)30-21(15)27)29-19(25)11-28-17-6-4-13(22)9-16(17)23/h2-6,8-10H,1,7,11H2,(H,24,26). The molecule has 1 heterocycles. The number of fused-ring (bicyclic) bond motifs is 1. The largest absolute Gasteiger partial charge is 0.481 e. The molecule has 0 aliphatic rings. The van der Waals surface area contributed by atoms with Crippen LogP contribution in [0.15, 0.2) is 73.3 Å². The van der Waals surface area contributed by atoms with Crippen LogP contribution >= 0.6 is 31.9 Å². The molecule has 154 valence electrons. The number of rotatable bonds is 7. The van der Waals surface area contributed by atoms with E-state index in [1.807, 2.05) is 0 Å². The second kappa shape index (κ2) is 9.73. The van der Waals surface area contributed by atoms with Gasteiger partial charge in [0.05, 0.1) is 4.47 Å². The second-order valence-corrected chi connectivity index (χ2v) is 7.75. The molecule has 3 aromatic rings. The quantitative estimate of drug-likeness (QED) is 0.210. The average Bonchev–Trinajstić information content (AvgIpc) is 2.70. The van der Waals surface area contributed by atoms with Crippen molar-refractivity contribution < 1.29 is 23.5 Å². The van der Waals surface area contributed by atoms with Crippen molar-refractivity contribution in [2.24, 2.45) is 0 Å². The topological polar surface area (TPSA) is 94.8 Å². The van der Waals surface area contributed by atoms with Crippen LogP contribution in [0.2, 0.25) is 0 Å². The van der Waals surface area contributed by atoms with Crippen molar-refractivity contribution in [3.63, 3.8) is 0 Å². The lowest BCUT2D eigenvalue weighted by atomic mass is 10.1. The monoisotopic (exact) mass is 535 g/mol. The van der Waals surface area contributed by atoms with E-state index >= 15 is 0 Å². The Hall–Kier alpha value is -2.91. The molecule has 0 unspecified atom stereocenters. The summed E-state index contributed by atoms with van der Waals surface area (Å²) >= 11 is 6.68. The maximum Gasteiger partial charge on any atom is 0.349 e. The van der Waals surface area contributed by atoms with Gasteiger partial charge in [0, 0.05) is 22.5 Å². The molecule has 7 nitrogen and oxygen atoms in total. The predicted molar refractivity (Wildman–Crippen MR) is 118 cm³/mol. The molecule has 0 saturated carbocycles. The lowest BCUT2D eigenvalue weighted by Gasteiger charge is -2.09. The number of hydrogen-bond donors (Lipinski definition) is 1. The fourth-order valence-corrected chi connectivity index (χ4v) is 3.62. The molecule has 1 amide bonds. The van der Waals surface area contributed by atoms with Crippen molar-refractivity contribution >= 4 is 54.7 Å². The van der Waals surface area contributed by atoms with Crippen LogP contribution in [0.25, 0.3) is 11.0 Å². The smallest absolute Gasteiger partial charge is 0.349 e. The van der Waals surface area contributed by atoms with E-state index in [1.165, 1.54) is 24.3 Å². The maximum atomic E-state index is 12.1. The Morgan fingerprint density at radius 3 is 2.67 bits per heavy atom. The minimum Gasteiger partial charge on any atom is -0.481 e. The average molecular weight is 537 g/mol. The van der Waals surface area contributed by atoms with E-state index in [0.29, 0.717) is 15.6 Å². The Labute approximate surface area is 187 Å². The third-order valence-corrected chi connectivity index (χ3v) is 4.94. The molecule has 0 atom stereocenters. The number of hydrogen-bond acceptors (Lipinski definition) is 6. The summed E-state index contributed by atoms with van der Waals surface area (Å²) in [7, 11) is 0. The summed E-state index contributed by atoms with van der Waals surface area (Å²) in [6.45, 7) is 3.41. The van der Waals surface area contributed by atoms with Crippen LogP contribution in [0.3, 0.4) is 0 Å². The van der Waals surface area contributed by atoms with Crippen LogP contribution in [0.4, 0.5) is 0 Å². The van der Waals surface area contributed by atoms with Crippen molar-refractivity contribution in [3.8, 4) is 11.5 Å². The molecular formula is C21H15Br2NO6. The van der Waals surface area contributed by atoms with Gasteiger partial charge in [0.25, 0.3) is 5.91 Å². The zero-order valence-corrected chi connectivity index (χ0v) is 18.6. The van der Waals surface area contributed by atoms with E-state index in [9.17, 15) is 14.4 Å². The molecule has 0 saturated heterocycles. The highest BCUT2D eigenvalue weighted by molar-refractivity contribution is 9.11. The minimum atomic E-state index is -0.795. The first-order valence-corrected chi connectivity index (χ1v) is 10.2. The number of carbonyl (C=O) groups is 2. The van der Waals surface area contributed by atoms with Crippen LogP contribution in [0.5, 0.6) is 11.5 Å². The Balaban J connectivity index is 1.70. The maximum absolute atomic E-state index is 12.1. The lowest BCUT2D eigenvalue weighted by Crippen LogP contribution is -2.28. The molecule has 0 bridgehead atoms. The second-order valence-electron chi connectivity index (χ2n) is 5.98. The van der Waals surface area contributed by atoms with Gasteiger partial charge >= 0.3 is 11.6 Å². The summed E-state index contributed by atoms with van der Waals surface area (Å²) in [5.41, 5.74) is -0.735. The highest BCUT2D eigenvalue weighted by Crippen LogP contribution is 2.28. The molecule has 30 heavy (non-hydrogen) atoms. The molecule has 9 heteroatoms. The summed E-state index contributed by atoms with van der Waals surface area (Å²) in [6.07, 6.45) is 1.50. The highest BCUT2D eigenvalue weighted by Gasteiger charge is 2.14. The molecule has 1 N–H and O–H groups in total. The zero-order valence-electron chi connectivity index (χ0n) is 15.4. The number of nitrogens with one attached hydrogen (secondary N) is 1. The van der Waals surface area contributed by atoms with E-state index in [2.05, 4.69) is 43.8 Å². The van der Waals surface area contributed by atoms with Gasteiger partial charge in [0.1, 0.15) is 22.6 Å². The SMILES string of the molecule is C=CCNC(=O)c1cc2ccc(OC(=O)COc3ccc(Br)cc3Br)cc2oc1=O. The normalized spacial score (nSPS) is 10.5. The van der Waals surface area contributed by atoms with Crippen LogP contribution < -0.4 is 20.4 Å². The summed E-state index contributed by atoms with van der Waals surface area (Å²) in [5, 5.41) is 3.03. The molecule has 0 fully saturated rings. The predicted octanol–water partition coefficient (Wildman–Crippen LogP) is 4.22. The van der Waals surface area contributed by atoms with Crippen molar-refractivity contribution in [2.45, 2.75) is 0 Å². The first kappa shape index (κ1) is 21.8. The lowest BCUT2D eigenvalue weighted by molar-refractivity contribution is -0.136. The van der Waals surface area contributed by atoms with Gasteiger partial charge in [-0.05, 0) is 52.3 Å².